The zero-order valence-corrected chi connectivity index (χ0v) is 18.1. The van der Waals surface area contributed by atoms with E-state index in [4.69, 9.17) is 21.1 Å². The second-order valence-electron chi connectivity index (χ2n) is 7.10. The fourth-order valence-electron chi connectivity index (χ4n) is 2.96. The Hall–Kier alpha value is -3.22. The van der Waals surface area contributed by atoms with Gasteiger partial charge in [0.15, 0.2) is 5.78 Å². The van der Waals surface area contributed by atoms with E-state index in [1.807, 2.05) is 30.3 Å². The van der Waals surface area contributed by atoms with Crippen LogP contribution in [0.1, 0.15) is 11.1 Å². The van der Waals surface area contributed by atoms with Crippen LogP contribution in [-0.4, -0.2) is 30.2 Å². The smallest absolute Gasteiger partial charge is 0.235 e. The molecule has 3 rings (SSSR count). The number of ether oxygens (including phenoxy) is 2. The van der Waals surface area contributed by atoms with Crippen molar-refractivity contribution in [1.29, 1.82) is 0 Å². The van der Waals surface area contributed by atoms with Gasteiger partial charge in [-0.2, -0.15) is 0 Å². The molecule has 0 aliphatic carbocycles. The molecular formula is C25H23ClFNO4. The largest absolute Gasteiger partial charge is 0.457 e. The van der Waals surface area contributed by atoms with Gasteiger partial charge in [-0.3, -0.25) is 9.59 Å². The molecule has 1 N–H and O–H groups in total. The third-order valence-corrected chi connectivity index (χ3v) is 4.84. The highest BCUT2D eigenvalue weighted by molar-refractivity contribution is 6.27. The van der Waals surface area contributed by atoms with E-state index in [-0.39, 0.29) is 30.5 Å². The third-order valence-electron chi connectivity index (χ3n) is 4.59. The van der Waals surface area contributed by atoms with Crippen molar-refractivity contribution in [2.24, 2.45) is 0 Å². The van der Waals surface area contributed by atoms with Gasteiger partial charge in [0, 0.05) is 6.42 Å². The summed E-state index contributed by atoms with van der Waals surface area (Å²) in [6.45, 7) is 0.374. The molecule has 5 nitrogen and oxygen atoms in total. The summed E-state index contributed by atoms with van der Waals surface area (Å²) in [7, 11) is 0. The standard InChI is InChI=1S/C25H23ClFNO4/c26-15-25(30)28-23(17-31-16-19-4-2-1-3-5-19)24(29)14-18-6-10-21(11-7-18)32-22-12-8-20(27)9-13-22/h1-13,23H,14-17H2,(H,28,30)/t23-/m0/s1. The van der Waals surface area contributed by atoms with Gasteiger partial charge in [0.25, 0.3) is 0 Å². The predicted molar refractivity (Wildman–Crippen MR) is 120 cm³/mol. The molecular weight excluding hydrogens is 433 g/mol. The van der Waals surface area contributed by atoms with Crippen molar-refractivity contribution in [2.45, 2.75) is 19.1 Å². The molecule has 0 fully saturated rings. The molecule has 0 bridgehead atoms. The number of ketones is 1. The van der Waals surface area contributed by atoms with Crippen LogP contribution in [0.15, 0.2) is 78.9 Å². The Bertz CT molecular complexity index is 1010. The Morgan fingerprint density at radius 3 is 2.12 bits per heavy atom. The van der Waals surface area contributed by atoms with Crippen LogP contribution in [0.5, 0.6) is 11.5 Å². The van der Waals surface area contributed by atoms with Gasteiger partial charge in [0.05, 0.1) is 13.2 Å². The van der Waals surface area contributed by atoms with Crippen molar-refractivity contribution in [3.05, 3.63) is 95.8 Å². The number of Topliss-reactive ketones (excluding diaryl/α,β-unsaturated/α-hetero) is 1. The highest BCUT2D eigenvalue weighted by Gasteiger charge is 2.21. The van der Waals surface area contributed by atoms with Crippen LogP contribution in [0.3, 0.4) is 0 Å². The number of carbonyl (C=O) groups is 2. The van der Waals surface area contributed by atoms with Crippen molar-refractivity contribution in [3.8, 4) is 11.5 Å². The molecule has 0 aromatic heterocycles. The van der Waals surface area contributed by atoms with E-state index in [1.54, 1.807) is 24.3 Å². The Labute approximate surface area is 191 Å². The first-order valence-electron chi connectivity index (χ1n) is 10.1. The zero-order chi connectivity index (χ0) is 22.8. The number of nitrogens with one attached hydrogen (secondary N) is 1. The molecule has 3 aromatic rings. The van der Waals surface area contributed by atoms with Crippen molar-refractivity contribution in [3.63, 3.8) is 0 Å². The summed E-state index contributed by atoms with van der Waals surface area (Å²) in [5, 5.41) is 2.62. The van der Waals surface area contributed by atoms with Crippen LogP contribution in [0, 0.1) is 5.82 Å². The Morgan fingerprint density at radius 1 is 0.875 bits per heavy atom. The summed E-state index contributed by atoms with van der Waals surface area (Å²) in [4.78, 5) is 24.6. The zero-order valence-electron chi connectivity index (χ0n) is 17.3. The molecule has 166 valence electrons. The number of hydrogen-bond acceptors (Lipinski definition) is 4. The molecule has 1 amide bonds. The average molecular weight is 456 g/mol. The molecule has 3 aromatic carbocycles. The van der Waals surface area contributed by atoms with Crippen molar-refractivity contribution < 1.29 is 23.5 Å². The maximum absolute atomic E-state index is 13.0. The number of alkyl halides is 1. The lowest BCUT2D eigenvalue weighted by molar-refractivity contribution is -0.127. The molecule has 0 aliphatic heterocycles. The van der Waals surface area contributed by atoms with Crippen LogP contribution in [0.2, 0.25) is 0 Å². The van der Waals surface area contributed by atoms with Crippen molar-refractivity contribution >= 4 is 23.3 Å². The number of benzene rings is 3. The van der Waals surface area contributed by atoms with E-state index in [0.29, 0.717) is 18.1 Å². The molecule has 1 atom stereocenters. The van der Waals surface area contributed by atoms with Crippen LogP contribution in [0.25, 0.3) is 0 Å². The van der Waals surface area contributed by atoms with Crippen LogP contribution in [0.4, 0.5) is 4.39 Å². The summed E-state index contributed by atoms with van der Waals surface area (Å²) < 4.78 is 24.3. The van der Waals surface area contributed by atoms with E-state index < -0.39 is 11.9 Å². The molecule has 32 heavy (non-hydrogen) atoms. The number of halogens is 2. The first-order valence-corrected chi connectivity index (χ1v) is 10.6. The van der Waals surface area contributed by atoms with Crippen molar-refractivity contribution in [1.82, 2.24) is 5.32 Å². The van der Waals surface area contributed by atoms with Gasteiger partial charge in [-0.1, -0.05) is 42.5 Å². The van der Waals surface area contributed by atoms with Gasteiger partial charge in [0.1, 0.15) is 29.2 Å². The van der Waals surface area contributed by atoms with E-state index >= 15 is 0 Å². The fourth-order valence-corrected chi connectivity index (χ4v) is 3.03. The average Bonchev–Trinajstić information content (AvgIpc) is 2.81. The summed E-state index contributed by atoms with van der Waals surface area (Å²) in [5.74, 6) is -0.131. The minimum Gasteiger partial charge on any atom is -0.457 e. The van der Waals surface area contributed by atoms with Crippen LogP contribution < -0.4 is 10.1 Å². The lowest BCUT2D eigenvalue weighted by Crippen LogP contribution is -2.45. The quantitative estimate of drug-likeness (QED) is 0.427. The lowest BCUT2D eigenvalue weighted by atomic mass is 10.0. The third kappa shape index (κ3) is 7.48. The van der Waals surface area contributed by atoms with Gasteiger partial charge in [-0.25, -0.2) is 4.39 Å². The molecule has 0 radical (unpaired) electrons. The Balaban J connectivity index is 1.57. The molecule has 0 saturated heterocycles. The fraction of sp³-hybridized carbons (Fsp3) is 0.200. The summed E-state index contributed by atoms with van der Waals surface area (Å²) in [6, 6.07) is 21.4. The monoisotopic (exact) mass is 455 g/mol. The Kier molecular flexibility index (Phi) is 8.78. The van der Waals surface area contributed by atoms with Gasteiger partial charge in [-0.15, -0.1) is 11.6 Å². The van der Waals surface area contributed by atoms with E-state index in [0.717, 1.165) is 11.1 Å². The van der Waals surface area contributed by atoms with Crippen LogP contribution >= 0.6 is 11.6 Å². The molecule has 0 spiro atoms. The summed E-state index contributed by atoms with van der Waals surface area (Å²) in [6.07, 6.45) is 0.110. The van der Waals surface area contributed by atoms with E-state index in [9.17, 15) is 14.0 Å². The lowest BCUT2D eigenvalue weighted by Gasteiger charge is -2.18. The molecule has 0 heterocycles. The number of hydrogen-bond donors (Lipinski definition) is 1. The normalized spacial score (nSPS) is 11.6. The Morgan fingerprint density at radius 2 is 1.50 bits per heavy atom. The number of carbonyl (C=O) groups excluding carboxylic acids is 2. The van der Waals surface area contributed by atoms with Crippen molar-refractivity contribution in [2.75, 3.05) is 12.5 Å². The maximum Gasteiger partial charge on any atom is 0.235 e. The summed E-state index contributed by atoms with van der Waals surface area (Å²) in [5.41, 5.74) is 1.73. The van der Waals surface area contributed by atoms with E-state index in [2.05, 4.69) is 5.32 Å². The minimum atomic E-state index is -0.805. The number of amides is 1. The predicted octanol–water partition coefficient (Wildman–Crippen LogP) is 4.67. The second kappa shape index (κ2) is 12.0. The highest BCUT2D eigenvalue weighted by atomic mass is 35.5. The summed E-state index contributed by atoms with van der Waals surface area (Å²) >= 11 is 5.58. The van der Waals surface area contributed by atoms with Gasteiger partial charge in [-0.05, 0) is 47.5 Å². The first kappa shape index (κ1) is 23.4. The number of rotatable bonds is 11. The van der Waals surface area contributed by atoms with Gasteiger partial charge < -0.3 is 14.8 Å². The molecule has 0 aliphatic rings. The highest BCUT2D eigenvalue weighted by Crippen LogP contribution is 2.22. The van der Waals surface area contributed by atoms with E-state index in [1.165, 1.54) is 24.3 Å². The topological polar surface area (TPSA) is 64.6 Å². The minimum absolute atomic E-state index is 0.0438. The van der Waals surface area contributed by atoms with Gasteiger partial charge in [0.2, 0.25) is 5.91 Å². The molecule has 7 heteroatoms. The second-order valence-corrected chi connectivity index (χ2v) is 7.36. The first-order chi connectivity index (χ1) is 15.5. The molecule has 0 saturated carbocycles. The maximum atomic E-state index is 13.0. The van der Waals surface area contributed by atoms with Crippen LogP contribution in [-0.2, 0) is 27.4 Å². The molecule has 0 unspecified atom stereocenters. The van der Waals surface area contributed by atoms with Gasteiger partial charge >= 0.3 is 0 Å². The SMILES string of the molecule is O=C(CCl)N[C@@H](COCc1ccccc1)C(=O)Cc1ccc(Oc2ccc(F)cc2)cc1.